The number of methoxy groups -OCH3 is 1. The molecule has 1 unspecified atom stereocenters. The molecule has 1 aromatic carbocycles. The molecule has 0 radical (unpaired) electrons. The number of hydrogen-bond acceptors (Lipinski definition) is 4. The van der Waals surface area contributed by atoms with Crippen LogP contribution in [0.2, 0.25) is 0 Å². The summed E-state index contributed by atoms with van der Waals surface area (Å²) in [6, 6.07) is 4.78. The number of piperidine rings is 1. The largest absolute Gasteiger partial charge is 0.493 e. The first kappa shape index (κ1) is 20.4. The molecule has 1 atom stereocenters. The van der Waals surface area contributed by atoms with Crippen molar-refractivity contribution in [3.63, 3.8) is 0 Å². The number of benzene rings is 1. The third-order valence-electron chi connectivity index (χ3n) is 5.81. The van der Waals surface area contributed by atoms with Gasteiger partial charge < -0.3 is 19.7 Å². The lowest BCUT2D eigenvalue weighted by Gasteiger charge is -2.50. The van der Waals surface area contributed by atoms with Gasteiger partial charge in [0.05, 0.1) is 18.9 Å². The first-order valence-corrected chi connectivity index (χ1v) is 9.43. The highest BCUT2D eigenvalue weighted by atomic mass is 19.3. The summed E-state index contributed by atoms with van der Waals surface area (Å²) in [4.78, 5) is 26.1. The molecule has 2 amide bonds. The van der Waals surface area contributed by atoms with E-state index >= 15 is 0 Å². The minimum Gasteiger partial charge on any atom is -0.493 e. The third kappa shape index (κ3) is 4.05. The topological polar surface area (TPSA) is 67.9 Å². The number of carbonyl (C=O) groups excluding carboxylic acids is 2. The zero-order valence-corrected chi connectivity index (χ0v) is 16.3. The minimum atomic E-state index is -2.96. The van der Waals surface area contributed by atoms with Crippen molar-refractivity contribution in [3.8, 4) is 11.5 Å². The third-order valence-corrected chi connectivity index (χ3v) is 5.81. The molecule has 0 bridgehead atoms. The van der Waals surface area contributed by atoms with Crippen molar-refractivity contribution < 1.29 is 27.8 Å². The molecule has 0 aromatic heterocycles. The van der Waals surface area contributed by atoms with Gasteiger partial charge in [-0.1, -0.05) is 6.07 Å². The summed E-state index contributed by atoms with van der Waals surface area (Å²) in [5.74, 6) is 0.511. The van der Waals surface area contributed by atoms with Gasteiger partial charge in [-0.3, -0.25) is 9.59 Å². The Bertz CT molecular complexity index is 746. The number of likely N-dealkylation sites (tertiary alicyclic amines) is 1. The van der Waals surface area contributed by atoms with E-state index in [4.69, 9.17) is 4.74 Å². The summed E-state index contributed by atoms with van der Waals surface area (Å²) >= 11 is 0. The molecule has 2 fully saturated rings. The average molecular weight is 396 g/mol. The number of carbonyl (C=O) groups is 2. The predicted octanol–water partition coefficient (Wildman–Crippen LogP) is 2.60. The van der Waals surface area contributed by atoms with Crippen molar-refractivity contribution in [3.05, 3.63) is 23.8 Å². The van der Waals surface area contributed by atoms with Gasteiger partial charge in [0.1, 0.15) is 0 Å². The highest BCUT2D eigenvalue weighted by molar-refractivity contribution is 5.89. The molecule has 2 aliphatic rings. The van der Waals surface area contributed by atoms with E-state index in [1.54, 1.807) is 11.0 Å². The van der Waals surface area contributed by atoms with Crippen molar-refractivity contribution in [1.82, 2.24) is 10.2 Å². The Labute approximate surface area is 163 Å². The second-order valence-corrected chi connectivity index (χ2v) is 7.93. The van der Waals surface area contributed by atoms with E-state index in [2.05, 4.69) is 10.1 Å². The Morgan fingerprint density at radius 1 is 1.29 bits per heavy atom. The van der Waals surface area contributed by atoms with Gasteiger partial charge in [0.15, 0.2) is 11.5 Å². The van der Waals surface area contributed by atoms with Crippen LogP contribution in [0.1, 0.15) is 32.3 Å². The zero-order valence-electron chi connectivity index (χ0n) is 16.3. The lowest BCUT2D eigenvalue weighted by molar-refractivity contribution is -0.147. The van der Waals surface area contributed by atoms with Gasteiger partial charge >= 0.3 is 6.61 Å². The highest BCUT2D eigenvalue weighted by Gasteiger charge is 2.51. The maximum Gasteiger partial charge on any atom is 0.387 e. The molecule has 2 aliphatic heterocycles. The average Bonchev–Trinajstić information content (AvgIpc) is 2.66. The van der Waals surface area contributed by atoms with E-state index in [-0.39, 0.29) is 41.2 Å². The molecule has 8 heteroatoms. The predicted molar refractivity (Wildman–Crippen MR) is 98.3 cm³/mol. The maximum atomic E-state index is 12.6. The molecule has 2 heterocycles. The van der Waals surface area contributed by atoms with E-state index in [9.17, 15) is 18.4 Å². The smallest absolute Gasteiger partial charge is 0.387 e. The molecule has 28 heavy (non-hydrogen) atoms. The number of rotatable bonds is 6. The fourth-order valence-corrected chi connectivity index (χ4v) is 4.07. The molecule has 154 valence electrons. The van der Waals surface area contributed by atoms with Crippen LogP contribution in [0.3, 0.4) is 0 Å². The first-order valence-electron chi connectivity index (χ1n) is 9.43. The number of alkyl halides is 2. The van der Waals surface area contributed by atoms with Gasteiger partial charge in [0.25, 0.3) is 0 Å². The molecule has 0 aliphatic carbocycles. The number of halogens is 2. The summed E-state index contributed by atoms with van der Waals surface area (Å²) in [5, 5.41) is 2.99. The van der Waals surface area contributed by atoms with Crippen molar-refractivity contribution in [2.24, 2.45) is 11.3 Å². The lowest BCUT2D eigenvalue weighted by atomic mass is 9.68. The van der Waals surface area contributed by atoms with Gasteiger partial charge in [-0.05, 0) is 50.3 Å². The maximum absolute atomic E-state index is 12.6. The summed E-state index contributed by atoms with van der Waals surface area (Å²) in [5.41, 5.74) is 0.247. The minimum absolute atomic E-state index is 0.0523. The Hall–Kier alpha value is -2.38. The Morgan fingerprint density at radius 3 is 2.50 bits per heavy atom. The van der Waals surface area contributed by atoms with E-state index in [1.165, 1.54) is 19.2 Å². The molecule has 1 aromatic rings. The second kappa shape index (κ2) is 7.93. The molecule has 6 nitrogen and oxygen atoms in total. The van der Waals surface area contributed by atoms with Crippen molar-refractivity contribution in [1.29, 1.82) is 0 Å². The Balaban J connectivity index is 1.57. The van der Waals surface area contributed by atoms with Crippen LogP contribution in [-0.2, 0) is 16.0 Å². The number of amides is 2. The SMILES string of the molecule is COc1ccc(CC(=O)N2CCC(C3NC(=O)C3(C)C)CC2)cc1OC(F)F. The van der Waals surface area contributed by atoms with E-state index in [1.807, 2.05) is 13.8 Å². The van der Waals surface area contributed by atoms with Crippen molar-refractivity contribution in [2.45, 2.75) is 45.8 Å². The molecule has 2 saturated heterocycles. The molecule has 0 saturated carbocycles. The van der Waals surface area contributed by atoms with Crippen LogP contribution in [0.5, 0.6) is 11.5 Å². The van der Waals surface area contributed by atoms with Gasteiger partial charge in [-0.2, -0.15) is 8.78 Å². The highest BCUT2D eigenvalue weighted by Crippen LogP contribution is 2.38. The van der Waals surface area contributed by atoms with Crippen LogP contribution >= 0.6 is 0 Å². The van der Waals surface area contributed by atoms with Gasteiger partial charge in [-0.25, -0.2) is 0 Å². The van der Waals surface area contributed by atoms with Gasteiger partial charge in [-0.15, -0.1) is 0 Å². The standard InChI is InChI=1S/C20H26F2N2O4/c1-20(2)17(23-18(20)26)13-6-8-24(9-7-13)16(25)11-12-4-5-14(27-3)15(10-12)28-19(21)22/h4-5,10,13,17,19H,6-9,11H2,1-3H3,(H,23,26). The van der Waals surface area contributed by atoms with Crippen LogP contribution in [0.15, 0.2) is 18.2 Å². The summed E-state index contributed by atoms with van der Waals surface area (Å²) < 4.78 is 34.6. The van der Waals surface area contributed by atoms with Crippen LogP contribution in [0.25, 0.3) is 0 Å². The van der Waals surface area contributed by atoms with Crippen LogP contribution < -0.4 is 14.8 Å². The Morgan fingerprint density at radius 2 is 1.96 bits per heavy atom. The molecule has 0 spiro atoms. The van der Waals surface area contributed by atoms with Crippen LogP contribution in [0, 0.1) is 11.3 Å². The number of nitrogens with zero attached hydrogens (tertiary/aromatic N) is 1. The Kier molecular flexibility index (Phi) is 5.76. The van der Waals surface area contributed by atoms with Crippen molar-refractivity contribution in [2.75, 3.05) is 20.2 Å². The number of hydrogen-bond donors (Lipinski definition) is 1. The molecule has 1 N–H and O–H groups in total. The van der Waals surface area contributed by atoms with Crippen molar-refractivity contribution >= 4 is 11.8 Å². The monoisotopic (exact) mass is 396 g/mol. The second-order valence-electron chi connectivity index (χ2n) is 7.93. The summed E-state index contributed by atoms with van der Waals surface area (Å²) in [7, 11) is 1.37. The quantitative estimate of drug-likeness (QED) is 0.751. The normalized spacial score (nSPS) is 21.9. The summed E-state index contributed by atoms with van der Waals surface area (Å²) in [6.45, 7) is 2.20. The fraction of sp³-hybridized carbons (Fsp3) is 0.600. The zero-order chi connectivity index (χ0) is 20.5. The molecular formula is C20H26F2N2O4. The first-order chi connectivity index (χ1) is 13.2. The number of ether oxygens (including phenoxy) is 2. The number of β-lactam (4-membered cyclic amide) rings is 1. The van der Waals surface area contributed by atoms with E-state index < -0.39 is 6.61 Å². The fourth-order valence-electron chi connectivity index (χ4n) is 4.07. The number of nitrogens with one attached hydrogen (secondary N) is 1. The van der Waals surface area contributed by atoms with E-state index in [0.717, 1.165) is 12.8 Å². The lowest BCUT2D eigenvalue weighted by Crippen LogP contribution is -2.68. The van der Waals surface area contributed by atoms with Gasteiger partial charge in [0.2, 0.25) is 11.8 Å². The molecule has 3 rings (SSSR count). The van der Waals surface area contributed by atoms with Crippen LogP contribution in [-0.4, -0.2) is 49.6 Å². The molecular weight excluding hydrogens is 370 g/mol. The van der Waals surface area contributed by atoms with E-state index in [0.29, 0.717) is 24.6 Å². The van der Waals surface area contributed by atoms with Gasteiger partial charge in [0, 0.05) is 19.1 Å². The summed E-state index contributed by atoms with van der Waals surface area (Å²) in [6.07, 6.45) is 1.78. The van der Waals surface area contributed by atoms with Crippen LogP contribution in [0.4, 0.5) is 8.78 Å².